The van der Waals surface area contributed by atoms with E-state index >= 15 is 0 Å². The van der Waals surface area contributed by atoms with Crippen molar-refractivity contribution in [2.75, 3.05) is 6.26 Å². The highest BCUT2D eigenvalue weighted by Crippen LogP contribution is 2.29. The van der Waals surface area contributed by atoms with Crippen LogP contribution in [0, 0.1) is 0 Å². The molecule has 1 aromatic rings. The summed E-state index contributed by atoms with van der Waals surface area (Å²) in [5.74, 6) is 0. The summed E-state index contributed by atoms with van der Waals surface area (Å²) in [5.41, 5.74) is 6.39. The molecule has 1 aliphatic carbocycles. The standard InChI is InChI=1S/C12H20N2O2S3/c1-17-11-5-3-2-4-10(11)14-19(15,16)12-6-9(7-13)8-18-12/h6,8,10-11,14H,2-5,7,13H2,1H3. The Balaban J connectivity index is 2.11. The highest BCUT2D eigenvalue weighted by Gasteiger charge is 2.29. The molecule has 1 saturated carbocycles. The van der Waals surface area contributed by atoms with Crippen LogP contribution >= 0.6 is 23.1 Å². The third kappa shape index (κ3) is 3.72. The number of rotatable bonds is 5. The second-order valence-corrected chi connectivity index (χ2v) is 8.69. The van der Waals surface area contributed by atoms with Crippen molar-refractivity contribution >= 4 is 33.1 Å². The molecule has 2 atom stereocenters. The van der Waals surface area contributed by atoms with Crippen LogP contribution in [-0.2, 0) is 16.6 Å². The maximum atomic E-state index is 12.3. The largest absolute Gasteiger partial charge is 0.326 e. The molecule has 2 unspecified atom stereocenters. The van der Waals surface area contributed by atoms with Crippen molar-refractivity contribution in [2.45, 2.75) is 47.7 Å². The molecular weight excluding hydrogens is 300 g/mol. The summed E-state index contributed by atoms with van der Waals surface area (Å²) < 4.78 is 27.9. The van der Waals surface area contributed by atoms with Gasteiger partial charge in [0.15, 0.2) is 0 Å². The van der Waals surface area contributed by atoms with E-state index in [1.807, 2.05) is 5.38 Å². The molecule has 0 saturated heterocycles. The second-order valence-electron chi connectivity index (χ2n) is 4.76. The van der Waals surface area contributed by atoms with Crippen LogP contribution < -0.4 is 10.5 Å². The zero-order chi connectivity index (χ0) is 13.9. The summed E-state index contributed by atoms with van der Waals surface area (Å²) in [7, 11) is -3.39. The minimum atomic E-state index is -3.39. The first-order valence-corrected chi connectivity index (χ1v) is 10.0. The van der Waals surface area contributed by atoms with Crippen molar-refractivity contribution in [3.8, 4) is 0 Å². The van der Waals surface area contributed by atoms with Gasteiger partial charge >= 0.3 is 0 Å². The fourth-order valence-electron chi connectivity index (χ4n) is 2.37. The SMILES string of the molecule is CSC1CCCCC1NS(=O)(=O)c1cc(CN)cs1. The molecule has 1 fully saturated rings. The van der Waals surface area contributed by atoms with Crippen LogP contribution in [0.15, 0.2) is 15.7 Å². The van der Waals surface area contributed by atoms with Crippen LogP contribution in [0.5, 0.6) is 0 Å². The Morgan fingerprint density at radius 2 is 2.21 bits per heavy atom. The summed E-state index contributed by atoms with van der Waals surface area (Å²) >= 11 is 3.00. The van der Waals surface area contributed by atoms with Crippen LogP contribution in [0.3, 0.4) is 0 Å². The minimum Gasteiger partial charge on any atom is -0.326 e. The Hall–Kier alpha value is -0.0800. The number of hydrogen-bond acceptors (Lipinski definition) is 5. The van der Waals surface area contributed by atoms with Crippen LogP contribution in [0.1, 0.15) is 31.2 Å². The van der Waals surface area contributed by atoms with Gasteiger partial charge in [-0.2, -0.15) is 11.8 Å². The lowest BCUT2D eigenvalue weighted by molar-refractivity contribution is 0.423. The first-order chi connectivity index (χ1) is 9.06. The van der Waals surface area contributed by atoms with Gasteiger partial charge in [0.1, 0.15) is 4.21 Å². The molecule has 0 bridgehead atoms. The fraction of sp³-hybridized carbons (Fsp3) is 0.667. The van der Waals surface area contributed by atoms with Crippen LogP contribution in [0.25, 0.3) is 0 Å². The van der Waals surface area contributed by atoms with Crippen molar-refractivity contribution in [2.24, 2.45) is 5.73 Å². The number of nitrogens with one attached hydrogen (secondary N) is 1. The van der Waals surface area contributed by atoms with Crippen LogP contribution in [-0.4, -0.2) is 26.0 Å². The third-order valence-corrected chi connectivity index (χ3v) is 7.59. The van der Waals surface area contributed by atoms with E-state index in [1.54, 1.807) is 17.8 Å². The van der Waals surface area contributed by atoms with Gasteiger partial charge in [-0.25, -0.2) is 13.1 Å². The van der Waals surface area contributed by atoms with E-state index < -0.39 is 10.0 Å². The lowest BCUT2D eigenvalue weighted by Gasteiger charge is -2.30. The maximum Gasteiger partial charge on any atom is 0.250 e. The van der Waals surface area contributed by atoms with E-state index in [4.69, 9.17) is 5.73 Å². The van der Waals surface area contributed by atoms with E-state index in [-0.39, 0.29) is 6.04 Å². The fourth-order valence-corrected chi connectivity index (χ4v) is 5.94. The molecule has 0 aliphatic heterocycles. The summed E-state index contributed by atoms with van der Waals surface area (Å²) in [6, 6.07) is 1.72. The van der Waals surface area contributed by atoms with Gasteiger partial charge in [-0.3, -0.25) is 0 Å². The smallest absolute Gasteiger partial charge is 0.250 e. The Morgan fingerprint density at radius 3 is 2.84 bits per heavy atom. The first kappa shape index (κ1) is 15.3. The Kier molecular flexibility index (Phi) is 5.30. The van der Waals surface area contributed by atoms with Gasteiger partial charge in [-0.1, -0.05) is 12.8 Å². The van der Waals surface area contributed by atoms with Gasteiger partial charge in [-0.05, 0) is 36.1 Å². The molecule has 108 valence electrons. The second kappa shape index (κ2) is 6.58. The predicted octanol–water partition coefficient (Wildman–Crippen LogP) is 2.16. The predicted molar refractivity (Wildman–Crippen MR) is 82.1 cm³/mol. The molecule has 7 heteroatoms. The van der Waals surface area contributed by atoms with E-state index in [0.717, 1.165) is 24.8 Å². The number of sulfonamides is 1. The molecular formula is C12H20N2O2S3. The topological polar surface area (TPSA) is 72.2 Å². The zero-order valence-electron chi connectivity index (χ0n) is 11.0. The molecule has 0 amide bonds. The normalized spacial score (nSPS) is 24.5. The molecule has 1 aromatic heterocycles. The molecule has 4 nitrogen and oxygen atoms in total. The van der Waals surface area contributed by atoms with E-state index in [1.165, 1.54) is 17.8 Å². The quantitative estimate of drug-likeness (QED) is 0.872. The molecule has 0 radical (unpaired) electrons. The van der Waals surface area contributed by atoms with Gasteiger partial charge in [-0.15, -0.1) is 11.3 Å². The molecule has 0 aromatic carbocycles. The molecule has 2 rings (SSSR count). The van der Waals surface area contributed by atoms with Crippen LogP contribution in [0.4, 0.5) is 0 Å². The number of thiophene rings is 1. The molecule has 1 heterocycles. The van der Waals surface area contributed by atoms with Gasteiger partial charge in [0.2, 0.25) is 10.0 Å². The van der Waals surface area contributed by atoms with Crippen molar-refractivity contribution in [3.63, 3.8) is 0 Å². The summed E-state index contributed by atoms with van der Waals surface area (Å²) in [6.45, 7) is 0.378. The Bertz CT molecular complexity index is 513. The van der Waals surface area contributed by atoms with Crippen molar-refractivity contribution in [3.05, 3.63) is 17.0 Å². The zero-order valence-corrected chi connectivity index (χ0v) is 13.4. The third-order valence-electron chi connectivity index (χ3n) is 3.44. The Morgan fingerprint density at radius 1 is 1.47 bits per heavy atom. The monoisotopic (exact) mass is 320 g/mol. The van der Waals surface area contributed by atoms with Gasteiger partial charge in [0, 0.05) is 17.8 Å². The number of hydrogen-bond donors (Lipinski definition) is 2. The summed E-state index contributed by atoms with van der Waals surface area (Å²) in [6.07, 6.45) is 6.37. The van der Waals surface area contributed by atoms with E-state index in [9.17, 15) is 8.42 Å². The van der Waals surface area contributed by atoms with Crippen molar-refractivity contribution in [1.29, 1.82) is 0 Å². The highest BCUT2D eigenvalue weighted by atomic mass is 32.2. The highest BCUT2D eigenvalue weighted by molar-refractivity contribution is 7.99. The average Bonchev–Trinajstić information content (AvgIpc) is 2.88. The van der Waals surface area contributed by atoms with Gasteiger partial charge < -0.3 is 5.73 Å². The summed E-state index contributed by atoms with van der Waals surface area (Å²) in [5, 5.41) is 2.19. The molecule has 3 N–H and O–H groups in total. The number of thioether (sulfide) groups is 1. The average molecular weight is 321 g/mol. The molecule has 0 spiro atoms. The summed E-state index contributed by atoms with van der Waals surface area (Å²) in [4.78, 5) is 0. The van der Waals surface area contributed by atoms with E-state index in [0.29, 0.717) is 16.0 Å². The van der Waals surface area contributed by atoms with E-state index in [2.05, 4.69) is 11.0 Å². The van der Waals surface area contributed by atoms with Gasteiger partial charge in [0.05, 0.1) is 0 Å². The van der Waals surface area contributed by atoms with Crippen LogP contribution in [0.2, 0.25) is 0 Å². The lowest BCUT2D eigenvalue weighted by atomic mass is 9.96. The van der Waals surface area contributed by atoms with Crippen molar-refractivity contribution in [1.82, 2.24) is 4.72 Å². The van der Waals surface area contributed by atoms with Crippen molar-refractivity contribution < 1.29 is 8.42 Å². The minimum absolute atomic E-state index is 0.0529. The lowest BCUT2D eigenvalue weighted by Crippen LogP contribution is -2.43. The first-order valence-electron chi connectivity index (χ1n) is 6.39. The number of nitrogens with two attached hydrogens (primary N) is 1. The molecule has 1 aliphatic rings. The van der Waals surface area contributed by atoms with Gasteiger partial charge in [0.25, 0.3) is 0 Å². The Labute approximate surface area is 123 Å². The maximum absolute atomic E-state index is 12.3. The molecule has 19 heavy (non-hydrogen) atoms.